The van der Waals surface area contributed by atoms with Crippen molar-refractivity contribution >= 4 is 72.1 Å². The Morgan fingerprint density at radius 2 is 1.55 bits per heavy atom. The molecule has 18 nitrogen and oxygen atoms in total. The Labute approximate surface area is 428 Å². The van der Waals surface area contributed by atoms with Crippen molar-refractivity contribution in [1.29, 1.82) is 0 Å². The van der Waals surface area contributed by atoms with E-state index in [4.69, 9.17) is 11.6 Å². The molecule has 408 valence electrons. The predicted molar refractivity (Wildman–Crippen MR) is 247 cm³/mol. The van der Waals surface area contributed by atoms with Gasteiger partial charge in [0.1, 0.15) is 46.9 Å². The number of alkyl halides is 8. The number of amides is 3. The van der Waals surface area contributed by atoms with Crippen LogP contribution in [0, 0.1) is 29.4 Å². The highest BCUT2D eigenvalue weighted by molar-refractivity contribution is 7.93. The number of fused-ring (bicyclic) bond motifs is 4. The molecule has 2 aliphatic rings. The molecule has 0 bridgehead atoms. The van der Waals surface area contributed by atoms with Crippen LogP contribution in [0.2, 0.25) is 5.02 Å². The zero-order chi connectivity index (χ0) is 56.7. The zero-order valence-corrected chi connectivity index (χ0v) is 42.0. The molecule has 2 unspecified atom stereocenters. The lowest BCUT2D eigenvalue weighted by Gasteiger charge is -2.28. The fourth-order valence-electron chi connectivity index (χ4n) is 8.62. The van der Waals surface area contributed by atoms with Crippen LogP contribution in [0.1, 0.15) is 72.6 Å². The van der Waals surface area contributed by atoms with E-state index in [1.807, 2.05) is 0 Å². The minimum absolute atomic E-state index is 0.117. The van der Waals surface area contributed by atoms with Crippen molar-refractivity contribution in [2.75, 3.05) is 23.9 Å². The molecule has 3 heterocycles. The molecule has 1 fully saturated rings. The van der Waals surface area contributed by atoms with E-state index in [1.165, 1.54) is 13.8 Å². The number of nitrogens with zero attached hydrogens (tertiary/aromatic N) is 7. The number of hydrogen-bond acceptors (Lipinski definition) is 11. The van der Waals surface area contributed by atoms with Gasteiger partial charge in [-0.1, -0.05) is 23.6 Å². The number of urea groups is 1. The molecule has 0 spiro atoms. The first-order valence-corrected chi connectivity index (χ1v) is 26.0. The third-order valence-corrected chi connectivity index (χ3v) is 15.7. The summed E-state index contributed by atoms with van der Waals surface area (Å²) in [6, 6.07) is 0.0266. The van der Waals surface area contributed by atoms with Crippen LogP contribution in [0.25, 0.3) is 22.0 Å². The number of rotatable bonds is 15. The fraction of sp³-hybridized carbons (Fsp3) is 0.400. The number of benzene rings is 2. The van der Waals surface area contributed by atoms with Crippen LogP contribution < -0.4 is 9.62 Å². The second-order valence-corrected chi connectivity index (χ2v) is 23.2. The van der Waals surface area contributed by atoms with E-state index in [0.717, 1.165) is 42.7 Å². The number of nitrogens with one attached hydrogen (secondary N) is 1. The van der Waals surface area contributed by atoms with Crippen LogP contribution in [0.5, 0.6) is 0 Å². The number of likely N-dealkylation sites (N-methyl/N-ethyl adjacent to an activating group) is 1. The van der Waals surface area contributed by atoms with Crippen molar-refractivity contribution in [2.45, 2.75) is 87.2 Å². The quantitative estimate of drug-likeness (QED) is 0.0705. The molecule has 76 heavy (non-hydrogen) atoms. The molecule has 0 saturated heterocycles. The van der Waals surface area contributed by atoms with Gasteiger partial charge in [-0.05, 0) is 74.4 Å². The maximum atomic E-state index is 15.6. The number of anilines is 1. The average molecular weight is 1140 g/mol. The summed E-state index contributed by atoms with van der Waals surface area (Å²) in [6.07, 6.45) is -11.7. The Morgan fingerprint density at radius 1 is 0.934 bits per heavy atom. The highest BCUT2D eigenvalue weighted by Crippen LogP contribution is 2.68. The number of aliphatic carboxylic acids is 2. The molecule has 31 heteroatoms. The van der Waals surface area contributed by atoms with Crippen LogP contribution in [0.4, 0.5) is 54.5 Å². The fourth-order valence-corrected chi connectivity index (χ4v) is 9.95. The first-order chi connectivity index (χ1) is 34.8. The van der Waals surface area contributed by atoms with Crippen molar-refractivity contribution in [3.05, 3.63) is 93.0 Å². The number of carbonyl (C=O) groups is 4. The van der Waals surface area contributed by atoms with Gasteiger partial charge in [0.15, 0.2) is 21.3 Å². The van der Waals surface area contributed by atoms with Crippen molar-refractivity contribution < 1.29 is 90.1 Å². The largest absolute Gasteiger partial charge is 0.481 e. The molecule has 3 aromatic heterocycles. The van der Waals surface area contributed by atoms with E-state index in [9.17, 15) is 81.4 Å². The minimum Gasteiger partial charge on any atom is -0.481 e. The molecule has 0 aliphatic heterocycles. The molecule has 5 aromatic rings. The highest BCUT2D eigenvalue weighted by Gasteiger charge is 2.68. The van der Waals surface area contributed by atoms with E-state index in [-0.39, 0.29) is 36.2 Å². The van der Waals surface area contributed by atoms with Crippen LogP contribution in [-0.4, -0.2) is 117 Å². The van der Waals surface area contributed by atoms with Gasteiger partial charge >= 0.3 is 30.3 Å². The van der Waals surface area contributed by atoms with Gasteiger partial charge < -0.3 is 20.4 Å². The SMILES string of the molecule is CN(C(=O)N(c1nn(CC(F)(F)F)c2c(-c3ccc(C#CC(C)(C)S(C)(=O)=O)nc3C(Cc3cc(F)cc(F)c3)NC(=O)Cn3nc(C(F)(F)F)c4c3C(F)(F)[C@@H]3C[C@H]43)ccc(Cl)c12)S(C)(=O)=O)C(CC(=O)O)C(=O)O. The number of halogens is 11. The summed E-state index contributed by atoms with van der Waals surface area (Å²) in [6.45, 7) is -1.08. The molecule has 1 saturated carbocycles. The third kappa shape index (κ3) is 11.3. The van der Waals surface area contributed by atoms with Gasteiger partial charge in [-0.25, -0.2) is 40.2 Å². The van der Waals surface area contributed by atoms with Crippen LogP contribution >= 0.6 is 11.6 Å². The smallest absolute Gasteiger partial charge is 0.435 e. The lowest BCUT2D eigenvalue weighted by Crippen LogP contribution is -2.51. The summed E-state index contributed by atoms with van der Waals surface area (Å²) in [4.78, 5) is 56.6. The minimum atomic E-state index is -5.26. The molecule has 4 atom stereocenters. The average Bonchev–Trinajstić information content (AvgIpc) is 3.78. The highest BCUT2D eigenvalue weighted by atomic mass is 35.5. The summed E-state index contributed by atoms with van der Waals surface area (Å²) in [5.41, 5.74) is -6.64. The van der Waals surface area contributed by atoms with Crippen molar-refractivity contribution in [3.63, 3.8) is 0 Å². The molecule has 3 N–H and O–H groups in total. The lowest BCUT2D eigenvalue weighted by atomic mass is 9.93. The Bertz CT molecular complexity index is 3540. The maximum absolute atomic E-state index is 15.6. The number of sulfone groups is 1. The molecule has 0 radical (unpaired) electrons. The van der Waals surface area contributed by atoms with Gasteiger partial charge in [0.25, 0.3) is 5.92 Å². The number of aromatic nitrogens is 5. The van der Waals surface area contributed by atoms with Crippen molar-refractivity contribution in [3.8, 4) is 23.0 Å². The number of pyridine rings is 1. The number of carboxylic acids is 2. The summed E-state index contributed by atoms with van der Waals surface area (Å²) in [7, 11) is -8.42. The number of sulfonamides is 1. The molecular formula is C45H39ClF10N8O10S2. The Morgan fingerprint density at radius 3 is 2.11 bits per heavy atom. The van der Waals surface area contributed by atoms with E-state index < -0.39 is 184 Å². The second kappa shape index (κ2) is 19.5. The summed E-state index contributed by atoms with van der Waals surface area (Å²) in [5, 5.41) is 27.3. The molecule has 2 aromatic carbocycles. The Kier molecular flexibility index (Phi) is 14.6. The van der Waals surface area contributed by atoms with Crippen LogP contribution in [0.15, 0.2) is 42.5 Å². The summed E-state index contributed by atoms with van der Waals surface area (Å²) < 4.78 is 198. The monoisotopic (exact) mass is 1140 g/mol. The molecular weight excluding hydrogens is 1100 g/mol. The van der Waals surface area contributed by atoms with Gasteiger partial charge in [-0.3, -0.25) is 19.0 Å². The van der Waals surface area contributed by atoms with E-state index in [2.05, 4.69) is 32.3 Å². The van der Waals surface area contributed by atoms with E-state index >= 15 is 8.78 Å². The van der Waals surface area contributed by atoms with Gasteiger partial charge in [0, 0.05) is 42.0 Å². The van der Waals surface area contributed by atoms with E-state index in [0.29, 0.717) is 19.4 Å². The van der Waals surface area contributed by atoms with Crippen LogP contribution in [0.3, 0.4) is 0 Å². The van der Waals surface area contributed by atoms with E-state index in [1.54, 1.807) is 0 Å². The third-order valence-electron chi connectivity index (χ3n) is 12.4. The number of hydrogen-bond donors (Lipinski definition) is 3. The van der Waals surface area contributed by atoms with Gasteiger partial charge in [0.05, 0.1) is 40.3 Å². The number of carboxylic acid groups (broad SMARTS) is 2. The maximum Gasteiger partial charge on any atom is 0.435 e. The predicted octanol–water partition coefficient (Wildman–Crippen LogP) is 7.04. The first-order valence-electron chi connectivity index (χ1n) is 21.8. The Hall–Kier alpha value is -7.00. The van der Waals surface area contributed by atoms with Crippen molar-refractivity contribution in [1.82, 2.24) is 34.8 Å². The van der Waals surface area contributed by atoms with Crippen molar-refractivity contribution in [2.24, 2.45) is 5.92 Å². The van der Waals surface area contributed by atoms with Gasteiger partial charge in [-0.2, -0.15) is 49.6 Å². The lowest BCUT2D eigenvalue weighted by molar-refractivity contribution is -0.148. The first kappa shape index (κ1) is 56.7. The van der Waals surface area contributed by atoms with Gasteiger partial charge in [-0.15, -0.1) is 0 Å². The molecule has 7 rings (SSSR count). The topological polar surface area (TPSA) is 244 Å². The normalized spacial score (nSPS) is 17.0. The zero-order valence-electron chi connectivity index (χ0n) is 39.7. The Balaban J connectivity index is 1.50. The summed E-state index contributed by atoms with van der Waals surface area (Å²) in [5.74, 6) is -10.4. The van der Waals surface area contributed by atoms with Gasteiger partial charge in [0.2, 0.25) is 15.9 Å². The van der Waals surface area contributed by atoms with Crippen LogP contribution in [-0.2, 0) is 65.9 Å². The standard InChI is InChI=1S/C45H39ClF10N8O10S2/c1-42(2,75(4,71)72)11-10-23-6-7-24(25-8-9-28(46)34-36(25)63(19-43(49,50)51)60-39(34)64(76(5,73)74)41(70)61(3)30(40(68)69)17-32(66)67)35(57-23)29(14-20-12-21(47)15-22(48)13-20)58-31(65)18-62-38-33(37(59-62)45(54,55)56)26-16-27(26)44(38,52)53/h6-9,12-13,15,26-27,29-30H,14,16-19H2,1-5H3,(H,58,65)(H,66,67)(H,68,69)/t26-,27+,29?,30?/m0/s1. The molecule has 3 amide bonds. The second-order valence-electron chi connectivity index (χ2n) is 18.4. The number of carbonyl (C=O) groups excluding carboxylic acids is 2. The summed E-state index contributed by atoms with van der Waals surface area (Å²) >= 11 is 6.60. The molecule has 2 aliphatic carbocycles.